The minimum atomic E-state index is -1.17. The molecular formula is C32H41N3O6. The summed E-state index contributed by atoms with van der Waals surface area (Å²) in [4.78, 5) is 54.2. The molecule has 0 aliphatic rings. The maximum Gasteiger partial charge on any atom is 0.408 e. The number of ether oxygens (including phenoxy) is 2. The predicted octanol–water partition coefficient (Wildman–Crippen LogP) is 4.15. The number of terminal acetylenes is 1. The molecule has 0 radical (unpaired) electrons. The van der Waals surface area contributed by atoms with Gasteiger partial charge in [-0.05, 0) is 44.4 Å². The minimum Gasteiger partial charge on any atom is -0.468 e. The molecule has 2 atom stereocenters. The van der Waals surface area contributed by atoms with E-state index in [1.807, 2.05) is 37.3 Å². The van der Waals surface area contributed by atoms with Crippen LogP contribution in [-0.4, -0.2) is 60.6 Å². The molecule has 2 N–H and O–H groups in total. The number of hydrogen-bond donors (Lipinski definition) is 2. The number of carbonyl (C=O) groups excluding carboxylic acids is 4. The number of methoxy groups -OCH3 is 1. The highest BCUT2D eigenvalue weighted by Gasteiger charge is 2.37. The van der Waals surface area contributed by atoms with E-state index in [1.165, 1.54) is 12.0 Å². The molecule has 9 heteroatoms. The summed E-state index contributed by atoms with van der Waals surface area (Å²) in [6, 6.07) is 13.9. The van der Waals surface area contributed by atoms with Gasteiger partial charge in [0.1, 0.15) is 24.2 Å². The van der Waals surface area contributed by atoms with Crippen LogP contribution in [0.2, 0.25) is 0 Å². The number of nitrogens with one attached hydrogen (secondary N) is 2. The number of alkyl carbamates (subject to hydrolysis) is 1. The van der Waals surface area contributed by atoms with Gasteiger partial charge in [-0.15, -0.1) is 6.42 Å². The molecule has 0 aliphatic heterocycles. The van der Waals surface area contributed by atoms with Crippen molar-refractivity contribution in [2.45, 2.75) is 71.1 Å². The van der Waals surface area contributed by atoms with Gasteiger partial charge in [0.2, 0.25) is 11.8 Å². The number of hydrogen-bond acceptors (Lipinski definition) is 6. The highest BCUT2D eigenvalue weighted by atomic mass is 16.6. The number of esters is 1. The van der Waals surface area contributed by atoms with Crippen LogP contribution in [-0.2, 0) is 30.3 Å². The number of carbonyl (C=O) groups is 4. The summed E-state index contributed by atoms with van der Waals surface area (Å²) in [6.07, 6.45) is 7.48. The summed E-state index contributed by atoms with van der Waals surface area (Å²) < 4.78 is 10.1. The SMILES string of the molecule is C#Cc1ccccc1C(C(=O)NCC(=O)OC)N(CCCCC)C(=O)C(Cc1ccccc1)NC(=O)OC(C)(C)C. The molecule has 2 aromatic rings. The van der Waals surface area contributed by atoms with Gasteiger partial charge >= 0.3 is 12.1 Å². The average molecular weight is 564 g/mol. The Bertz CT molecular complexity index is 1220. The highest BCUT2D eigenvalue weighted by molar-refractivity contribution is 5.93. The summed E-state index contributed by atoms with van der Waals surface area (Å²) in [6.45, 7) is 7.05. The molecule has 0 saturated heterocycles. The molecule has 220 valence electrons. The van der Waals surface area contributed by atoms with E-state index in [-0.39, 0.29) is 19.5 Å². The maximum absolute atomic E-state index is 14.4. The lowest BCUT2D eigenvalue weighted by Gasteiger charge is -2.35. The van der Waals surface area contributed by atoms with Crippen LogP contribution in [0.1, 0.15) is 69.7 Å². The van der Waals surface area contributed by atoms with Crippen molar-refractivity contribution >= 4 is 23.9 Å². The Balaban J connectivity index is 2.60. The second-order valence-electron chi connectivity index (χ2n) is 10.6. The van der Waals surface area contributed by atoms with Gasteiger partial charge < -0.3 is 25.0 Å². The minimum absolute atomic E-state index is 0.163. The Labute approximate surface area is 243 Å². The highest BCUT2D eigenvalue weighted by Crippen LogP contribution is 2.27. The van der Waals surface area contributed by atoms with Gasteiger partial charge in [-0.2, -0.15) is 0 Å². The van der Waals surface area contributed by atoms with E-state index in [0.29, 0.717) is 17.5 Å². The number of unbranched alkanes of at least 4 members (excludes halogenated alkanes) is 2. The standard InChI is InChI=1S/C32H41N3O6/c1-7-9-15-20-35(28(29(37)33-22-27(36)40-6)25-19-14-13-18-24(25)8-2)30(38)26(21-23-16-11-10-12-17-23)34-31(39)41-32(3,4)5/h2,10-14,16-19,26,28H,7,9,15,20-22H2,1,3-6H3,(H,33,37)(H,34,39). The van der Waals surface area contributed by atoms with Crippen molar-refractivity contribution < 1.29 is 28.7 Å². The molecule has 41 heavy (non-hydrogen) atoms. The van der Waals surface area contributed by atoms with Gasteiger partial charge in [-0.3, -0.25) is 14.4 Å². The van der Waals surface area contributed by atoms with Crippen molar-refractivity contribution in [2.24, 2.45) is 0 Å². The zero-order valence-corrected chi connectivity index (χ0v) is 24.6. The van der Waals surface area contributed by atoms with E-state index < -0.39 is 41.6 Å². The molecule has 0 heterocycles. The van der Waals surface area contributed by atoms with Crippen molar-refractivity contribution in [2.75, 3.05) is 20.2 Å². The molecule has 0 fully saturated rings. The smallest absolute Gasteiger partial charge is 0.408 e. The Morgan fingerprint density at radius 1 is 1.00 bits per heavy atom. The summed E-state index contributed by atoms with van der Waals surface area (Å²) in [5.74, 6) is 0.873. The molecule has 2 aromatic carbocycles. The number of rotatable bonds is 13. The number of benzene rings is 2. The third-order valence-electron chi connectivity index (χ3n) is 6.16. The Morgan fingerprint density at radius 3 is 2.27 bits per heavy atom. The Kier molecular flexibility index (Phi) is 12.9. The fraction of sp³-hybridized carbons (Fsp3) is 0.438. The van der Waals surface area contributed by atoms with E-state index in [1.54, 1.807) is 45.0 Å². The zero-order chi connectivity index (χ0) is 30.4. The fourth-order valence-electron chi connectivity index (χ4n) is 4.24. The Hall–Kier alpha value is -4.32. The summed E-state index contributed by atoms with van der Waals surface area (Å²) in [5.41, 5.74) is 0.885. The molecule has 0 spiro atoms. The molecule has 3 amide bonds. The van der Waals surface area contributed by atoms with Gasteiger partial charge in [0.05, 0.1) is 7.11 Å². The van der Waals surface area contributed by atoms with Gasteiger partial charge in [0.15, 0.2) is 0 Å². The van der Waals surface area contributed by atoms with E-state index >= 15 is 0 Å². The van der Waals surface area contributed by atoms with Gasteiger partial charge in [-0.1, -0.05) is 74.2 Å². The topological polar surface area (TPSA) is 114 Å². The van der Waals surface area contributed by atoms with Gasteiger partial charge in [-0.25, -0.2) is 4.79 Å². The monoisotopic (exact) mass is 563 g/mol. The maximum atomic E-state index is 14.4. The van der Waals surface area contributed by atoms with Crippen LogP contribution < -0.4 is 10.6 Å². The number of amides is 3. The molecule has 0 saturated carbocycles. The van der Waals surface area contributed by atoms with Crippen molar-refractivity contribution in [3.05, 3.63) is 71.3 Å². The van der Waals surface area contributed by atoms with Crippen LogP contribution in [0.4, 0.5) is 4.79 Å². The van der Waals surface area contributed by atoms with Crippen molar-refractivity contribution in [1.82, 2.24) is 15.5 Å². The second-order valence-corrected chi connectivity index (χ2v) is 10.6. The average Bonchev–Trinajstić information content (AvgIpc) is 2.94. The molecule has 0 bridgehead atoms. The normalized spacial score (nSPS) is 12.3. The molecule has 0 aromatic heterocycles. The van der Waals surface area contributed by atoms with Gasteiger partial charge in [0, 0.05) is 18.5 Å². The first kappa shape index (κ1) is 32.9. The van der Waals surface area contributed by atoms with E-state index in [2.05, 4.69) is 21.3 Å². The predicted molar refractivity (Wildman–Crippen MR) is 157 cm³/mol. The van der Waals surface area contributed by atoms with Crippen LogP contribution in [0.3, 0.4) is 0 Å². The quantitative estimate of drug-likeness (QED) is 0.215. The summed E-state index contributed by atoms with van der Waals surface area (Å²) in [5, 5.41) is 5.31. The van der Waals surface area contributed by atoms with Crippen molar-refractivity contribution in [3.63, 3.8) is 0 Å². The zero-order valence-electron chi connectivity index (χ0n) is 24.6. The van der Waals surface area contributed by atoms with Crippen molar-refractivity contribution in [3.8, 4) is 12.3 Å². The lowest BCUT2D eigenvalue weighted by atomic mass is 9.96. The largest absolute Gasteiger partial charge is 0.468 e. The number of nitrogens with zero attached hydrogens (tertiary/aromatic N) is 1. The molecule has 0 aliphatic carbocycles. The molecule has 2 unspecified atom stereocenters. The lowest BCUT2D eigenvalue weighted by molar-refractivity contribution is -0.144. The van der Waals surface area contributed by atoms with E-state index in [0.717, 1.165) is 18.4 Å². The second kappa shape index (κ2) is 16.1. The van der Waals surface area contributed by atoms with Crippen LogP contribution in [0, 0.1) is 12.3 Å². The van der Waals surface area contributed by atoms with Crippen molar-refractivity contribution in [1.29, 1.82) is 0 Å². The first-order valence-corrected chi connectivity index (χ1v) is 13.7. The third-order valence-corrected chi connectivity index (χ3v) is 6.16. The van der Waals surface area contributed by atoms with Crippen LogP contribution >= 0.6 is 0 Å². The van der Waals surface area contributed by atoms with Crippen LogP contribution in [0.5, 0.6) is 0 Å². The first-order valence-electron chi connectivity index (χ1n) is 13.7. The summed E-state index contributed by atoms with van der Waals surface area (Å²) in [7, 11) is 1.22. The van der Waals surface area contributed by atoms with E-state index in [4.69, 9.17) is 11.2 Å². The molecular weight excluding hydrogens is 522 g/mol. The van der Waals surface area contributed by atoms with E-state index in [9.17, 15) is 19.2 Å². The van der Waals surface area contributed by atoms with Crippen LogP contribution in [0.15, 0.2) is 54.6 Å². The fourth-order valence-corrected chi connectivity index (χ4v) is 4.24. The Morgan fingerprint density at radius 2 is 1.66 bits per heavy atom. The lowest BCUT2D eigenvalue weighted by Crippen LogP contribution is -2.54. The molecule has 9 nitrogen and oxygen atoms in total. The summed E-state index contributed by atoms with van der Waals surface area (Å²) >= 11 is 0. The van der Waals surface area contributed by atoms with Crippen LogP contribution in [0.25, 0.3) is 0 Å². The first-order chi connectivity index (χ1) is 19.5. The van der Waals surface area contributed by atoms with Gasteiger partial charge in [0.25, 0.3) is 0 Å². The third kappa shape index (κ3) is 10.6. The molecule has 2 rings (SSSR count).